The molecule has 0 aliphatic heterocycles. The van der Waals surface area contributed by atoms with E-state index in [-0.39, 0.29) is 5.82 Å². The monoisotopic (exact) mass is 303 g/mol. The Morgan fingerprint density at radius 3 is 2.86 bits per heavy atom. The van der Waals surface area contributed by atoms with Gasteiger partial charge in [0.25, 0.3) is 0 Å². The van der Waals surface area contributed by atoms with Crippen LogP contribution in [-0.4, -0.2) is 16.5 Å². The zero-order valence-corrected chi connectivity index (χ0v) is 12.8. The molecule has 21 heavy (non-hydrogen) atoms. The Hall–Kier alpha value is -1.62. The van der Waals surface area contributed by atoms with Crippen LogP contribution in [0.3, 0.4) is 0 Å². The first kappa shape index (κ1) is 14.3. The summed E-state index contributed by atoms with van der Waals surface area (Å²) in [7, 11) is 0. The zero-order valence-electron chi connectivity index (χ0n) is 12.0. The molecule has 0 atom stereocenters. The van der Waals surface area contributed by atoms with Gasteiger partial charge in [-0.3, -0.25) is 0 Å². The molecule has 0 unspecified atom stereocenters. The molecule has 0 amide bonds. The predicted octanol–water partition coefficient (Wildman–Crippen LogP) is 4.22. The molecule has 1 N–H and O–H groups in total. The number of hydrogen-bond donors (Lipinski definition) is 1. The molecule has 0 saturated heterocycles. The average molecular weight is 303 g/mol. The molecule has 1 aromatic heterocycles. The fourth-order valence-electron chi connectivity index (χ4n) is 2.15. The number of anilines is 1. The number of thioether (sulfide) groups is 1. The molecule has 110 valence electrons. The molecule has 3 nitrogen and oxygen atoms in total. The first-order valence-corrected chi connectivity index (χ1v) is 8.23. The second kappa shape index (κ2) is 6.43. The van der Waals surface area contributed by atoms with Crippen LogP contribution in [0.25, 0.3) is 0 Å². The maximum Gasteiger partial charge on any atom is 0.141 e. The Bertz CT molecular complexity index is 629. The summed E-state index contributed by atoms with van der Waals surface area (Å²) in [5.41, 5.74) is 1.13. The highest BCUT2D eigenvalue weighted by atomic mass is 32.2. The number of hydrogen-bond acceptors (Lipinski definition) is 4. The number of nitrogens with one attached hydrogen (secondary N) is 1. The Morgan fingerprint density at radius 1 is 1.29 bits per heavy atom. The van der Waals surface area contributed by atoms with Crippen LogP contribution in [0.2, 0.25) is 0 Å². The van der Waals surface area contributed by atoms with Gasteiger partial charge in [0, 0.05) is 29.1 Å². The van der Waals surface area contributed by atoms with Gasteiger partial charge in [-0.05, 0) is 38.0 Å². The van der Waals surface area contributed by atoms with Gasteiger partial charge < -0.3 is 5.32 Å². The predicted molar refractivity (Wildman–Crippen MR) is 84.1 cm³/mol. The third-order valence-corrected chi connectivity index (χ3v) is 4.30. The van der Waals surface area contributed by atoms with Crippen molar-refractivity contribution in [3.05, 3.63) is 47.7 Å². The van der Waals surface area contributed by atoms with Crippen LogP contribution in [-0.2, 0) is 5.75 Å². The van der Waals surface area contributed by atoms with Gasteiger partial charge in [-0.2, -0.15) is 0 Å². The van der Waals surface area contributed by atoms with E-state index in [4.69, 9.17) is 0 Å². The quantitative estimate of drug-likeness (QED) is 0.811. The van der Waals surface area contributed by atoms with Crippen molar-refractivity contribution in [2.75, 3.05) is 11.9 Å². The maximum absolute atomic E-state index is 13.2. The first-order chi connectivity index (χ1) is 10.2. The van der Waals surface area contributed by atoms with Gasteiger partial charge in [0.05, 0.1) is 5.75 Å². The lowest BCUT2D eigenvalue weighted by Gasteiger charge is -2.08. The van der Waals surface area contributed by atoms with E-state index in [1.807, 2.05) is 6.07 Å². The topological polar surface area (TPSA) is 37.8 Å². The van der Waals surface area contributed by atoms with Crippen LogP contribution in [0, 0.1) is 5.82 Å². The van der Waals surface area contributed by atoms with Crippen molar-refractivity contribution in [2.45, 2.75) is 36.3 Å². The third-order valence-electron chi connectivity index (χ3n) is 3.31. The van der Waals surface area contributed by atoms with Crippen LogP contribution in [0.1, 0.15) is 37.2 Å². The minimum absolute atomic E-state index is 0.207. The van der Waals surface area contributed by atoms with Crippen molar-refractivity contribution in [3.63, 3.8) is 0 Å². The van der Waals surface area contributed by atoms with Gasteiger partial charge in [0.15, 0.2) is 0 Å². The van der Waals surface area contributed by atoms with Crippen molar-refractivity contribution in [1.82, 2.24) is 9.97 Å². The molecule has 0 bridgehead atoms. The maximum atomic E-state index is 13.2. The Morgan fingerprint density at radius 2 is 2.14 bits per heavy atom. The van der Waals surface area contributed by atoms with Crippen LogP contribution in [0.4, 0.5) is 10.2 Å². The van der Waals surface area contributed by atoms with Crippen LogP contribution < -0.4 is 5.32 Å². The van der Waals surface area contributed by atoms with E-state index in [1.54, 1.807) is 23.9 Å². The number of benzene rings is 1. The summed E-state index contributed by atoms with van der Waals surface area (Å²) in [5.74, 6) is 2.75. The van der Waals surface area contributed by atoms with E-state index in [0.29, 0.717) is 11.7 Å². The summed E-state index contributed by atoms with van der Waals surface area (Å²) in [5, 5.41) is 3.26. The third kappa shape index (κ3) is 3.94. The zero-order chi connectivity index (χ0) is 14.7. The molecule has 3 rings (SSSR count). The van der Waals surface area contributed by atoms with Crippen LogP contribution >= 0.6 is 11.8 Å². The number of nitrogens with zero attached hydrogens (tertiary/aromatic N) is 2. The van der Waals surface area contributed by atoms with Crippen molar-refractivity contribution in [1.29, 1.82) is 0 Å². The largest absolute Gasteiger partial charge is 0.370 e. The second-order valence-electron chi connectivity index (χ2n) is 5.14. The van der Waals surface area contributed by atoms with Crippen LogP contribution in [0.5, 0.6) is 0 Å². The van der Waals surface area contributed by atoms with Crippen molar-refractivity contribution in [2.24, 2.45) is 0 Å². The molecule has 1 heterocycles. The molecule has 1 aromatic carbocycles. The summed E-state index contributed by atoms with van der Waals surface area (Å²) in [4.78, 5) is 10.1. The number of aromatic nitrogens is 2. The Balaban J connectivity index is 1.74. The highest BCUT2D eigenvalue weighted by Gasteiger charge is 2.26. The van der Waals surface area contributed by atoms with Crippen molar-refractivity contribution < 1.29 is 4.39 Å². The molecule has 0 radical (unpaired) electrons. The van der Waals surface area contributed by atoms with Gasteiger partial charge in [-0.15, -0.1) is 11.8 Å². The molecule has 1 aliphatic rings. The van der Waals surface area contributed by atoms with E-state index in [0.717, 1.165) is 28.8 Å². The summed E-state index contributed by atoms with van der Waals surface area (Å²) in [6.45, 7) is 2.90. The number of halogens is 1. The second-order valence-corrected chi connectivity index (χ2v) is 6.19. The van der Waals surface area contributed by atoms with E-state index in [1.165, 1.54) is 18.9 Å². The SMILES string of the molecule is CCNc1cc(C2CC2)nc(CSc2cccc(F)c2)n1. The summed E-state index contributed by atoms with van der Waals surface area (Å²) < 4.78 is 13.2. The molecule has 1 saturated carbocycles. The lowest BCUT2D eigenvalue weighted by molar-refractivity contribution is 0.624. The molecule has 1 fully saturated rings. The standard InChI is InChI=1S/C16H18FN3S/c1-2-18-15-9-14(11-6-7-11)19-16(20-15)10-21-13-5-3-4-12(17)8-13/h3-5,8-9,11H,2,6-7,10H2,1H3,(H,18,19,20). The minimum atomic E-state index is -0.207. The fourth-order valence-corrected chi connectivity index (χ4v) is 2.94. The summed E-state index contributed by atoms with van der Waals surface area (Å²) in [6.07, 6.45) is 2.44. The van der Waals surface area contributed by atoms with E-state index < -0.39 is 0 Å². The minimum Gasteiger partial charge on any atom is -0.370 e. The molecular formula is C16H18FN3S. The van der Waals surface area contributed by atoms with Gasteiger partial charge in [-0.25, -0.2) is 14.4 Å². The Labute approximate surface area is 128 Å². The number of rotatable bonds is 6. The van der Waals surface area contributed by atoms with Crippen molar-refractivity contribution in [3.8, 4) is 0 Å². The van der Waals surface area contributed by atoms with E-state index >= 15 is 0 Å². The summed E-state index contributed by atoms with van der Waals surface area (Å²) >= 11 is 1.56. The van der Waals surface area contributed by atoms with Gasteiger partial charge in [0.2, 0.25) is 0 Å². The molecule has 5 heteroatoms. The molecular weight excluding hydrogens is 285 g/mol. The first-order valence-electron chi connectivity index (χ1n) is 7.24. The molecule has 0 spiro atoms. The van der Waals surface area contributed by atoms with E-state index in [2.05, 4.69) is 28.3 Å². The molecule has 1 aliphatic carbocycles. The highest BCUT2D eigenvalue weighted by molar-refractivity contribution is 7.98. The van der Waals surface area contributed by atoms with Crippen molar-refractivity contribution >= 4 is 17.6 Å². The lowest BCUT2D eigenvalue weighted by Crippen LogP contribution is -2.05. The average Bonchev–Trinajstić information content (AvgIpc) is 3.30. The van der Waals surface area contributed by atoms with E-state index in [9.17, 15) is 4.39 Å². The molecule has 2 aromatic rings. The van der Waals surface area contributed by atoms with Gasteiger partial charge in [0.1, 0.15) is 17.5 Å². The van der Waals surface area contributed by atoms with Crippen LogP contribution in [0.15, 0.2) is 35.2 Å². The fraction of sp³-hybridized carbons (Fsp3) is 0.375. The normalized spacial score (nSPS) is 14.2. The lowest BCUT2D eigenvalue weighted by atomic mass is 10.2. The van der Waals surface area contributed by atoms with Gasteiger partial charge in [-0.1, -0.05) is 6.07 Å². The highest BCUT2D eigenvalue weighted by Crippen LogP contribution is 2.39. The smallest absolute Gasteiger partial charge is 0.141 e. The Kier molecular flexibility index (Phi) is 4.39. The summed E-state index contributed by atoms with van der Waals surface area (Å²) in [6, 6.07) is 8.68. The van der Waals surface area contributed by atoms with Gasteiger partial charge >= 0.3 is 0 Å².